The molecular weight excluding hydrogens is 234 g/mol. The molecule has 0 unspecified atom stereocenters. The summed E-state index contributed by atoms with van der Waals surface area (Å²) in [6, 6.07) is 8.29. The van der Waals surface area contributed by atoms with Gasteiger partial charge in [0.25, 0.3) is 0 Å². The Hall–Kier alpha value is -1.06. The van der Waals surface area contributed by atoms with Gasteiger partial charge in [0.2, 0.25) is 0 Å². The smallest absolute Gasteiger partial charge is 0.115 e. The Labute approximate surface area is 107 Å². The molecule has 1 aromatic carbocycles. The molecular formula is C13H18ClN3. The van der Waals surface area contributed by atoms with Gasteiger partial charge in [-0.3, -0.25) is 0 Å². The number of hydrogen-bond acceptors (Lipinski definition) is 2. The van der Waals surface area contributed by atoms with E-state index in [-0.39, 0.29) is 5.88 Å². The maximum atomic E-state index is 5.64. The van der Waals surface area contributed by atoms with Gasteiger partial charge in [-0.1, -0.05) is 12.1 Å². The Balaban J connectivity index is 2.15. The Bertz CT molecular complexity index is 397. The minimum absolute atomic E-state index is 0.275. The predicted molar refractivity (Wildman–Crippen MR) is 73.3 cm³/mol. The second-order valence-corrected chi connectivity index (χ2v) is 4.62. The Morgan fingerprint density at radius 3 is 2.88 bits per heavy atom. The minimum atomic E-state index is 0.275. The monoisotopic (exact) mass is 251 g/mol. The largest absolute Gasteiger partial charge is 0.386 e. The standard InChI is InChI=1S/C13H18ClN3/c14-9-13(15)17-12-3-1-2-11(8-12)10-4-6-16-7-5-10/h1-3,8,10,16H,4-7,9H2,(H2,15,17). The van der Waals surface area contributed by atoms with Crippen LogP contribution in [0.15, 0.2) is 29.3 Å². The topological polar surface area (TPSA) is 50.4 Å². The number of alkyl halides is 1. The molecule has 0 atom stereocenters. The minimum Gasteiger partial charge on any atom is -0.386 e. The lowest BCUT2D eigenvalue weighted by Crippen LogP contribution is -2.26. The van der Waals surface area contributed by atoms with Crippen LogP contribution in [0.25, 0.3) is 0 Å². The first-order chi connectivity index (χ1) is 8.29. The zero-order valence-corrected chi connectivity index (χ0v) is 10.6. The van der Waals surface area contributed by atoms with E-state index in [1.54, 1.807) is 0 Å². The molecule has 1 fully saturated rings. The molecule has 0 radical (unpaired) electrons. The third kappa shape index (κ3) is 3.45. The van der Waals surface area contributed by atoms with E-state index in [4.69, 9.17) is 17.3 Å². The molecule has 0 saturated carbocycles. The summed E-state index contributed by atoms with van der Waals surface area (Å²) in [6.07, 6.45) is 2.39. The molecule has 3 nitrogen and oxygen atoms in total. The molecule has 0 aliphatic carbocycles. The van der Waals surface area contributed by atoms with Crippen molar-refractivity contribution in [3.63, 3.8) is 0 Å². The van der Waals surface area contributed by atoms with Gasteiger partial charge in [-0.15, -0.1) is 11.6 Å². The Kier molecular flexibility index (Phi) is 4.40. The summed E-state index contributed by atoms with van der Waals surface area (Å²) in [6.45, 7) is 2.20. The summed E-state index contributed by atoms with van der Waals surface area (Å²) in [5.74, 6) is 1.38. The van der Waals surface area contributed by atoms with E-state index in [1.165, 1.54) is 18.4 Å². The van der Waals surface area contributed by atoms with Crippen molar-refractivity contribution in [2.75, 3.05) is 19.0 Å². The molecule has 0 spiro atoms. The number of piperidine rings is 1. The van der Waals surface area contributed by atoms with Crippen LogP contribution in [-0.4, -0.2) is 24.8 Å². The number of rotatable bonds is 3. The summed E-state index contributed by atoms with van der Waals surface area (Å²) < 4.78 is 0. The zero-order valence-electron chi connectivity index (χ0n) is 9.82. The van der Waals surface area contributed by atoms with E-state index in [0.717, 1.165) is 18.8 Å². The van der Waals surface area contributed by atoms with Gasteiger partial charge < -0.3 is 11.1 Å². The lowest BCUT2D eigenvalue weighted by atomic mass is 9.90. The molecule has 17 heavy (non-hydrogen) atoms. The van der Waals surface area contributed by atoms with Crippen molar-refractivity contribution in [3.05, 3.63) is 29.8 Å². The molecule has 1 saturated heterocycles. The highest BCUT2D eigenvalue weighted by Crippen LogP contribution is 2.27. The van der Waals surface area contributed by atoms with Crippen LogP contribution in [0.1, 0.15) is 24.3 Å². The molecule has 0 amide bonds. The van der Waals surface area contributed by atoms with Crippen LogP contribution in [0.5, 0.6) is 0 Å². The summed E-state index contributed by atoms with van der Waals surface area (Å²) in [5.41, 5.74) is 7.90. The van der Waals surface area contributed by atoms with Gasteiger partial charge in [0.15, 0.2) is 0 Å². The number of benzene rings is 1. The van der Waals surface area contributed by atoms with Crippen molar-refractivity contribution in [2.24, 2.45) is 10.7 Å². The first-order valence-electron chi connectivity index (χ1n) is 5.99. The number of aliphatic imine (C=N–C) groups is 1. The van der Waals surface area contributed by atoms with Gasteiger partial charge in [-0.05, 0) is 49.5 Å². The lowest BCUT2D eigenvalue weighted by Gasteiger charge is -2.23. The van der Waals surface area contributed by atoms with Crippen LogP contribution in [0, 0.1) is 0 Å². The quantitative estimate of drug-likeness (QED) is 0.492. The molecule has 2 rings (SSSR count). The molecule has 1 aromatic rings. The highest BCUT2D eigenvalue weighted by Gasteiger charge is 2.14. The number of halogens is 1. The van der Waals surface area contributed by atoms with Crippen LogP contribution < -0.4 is 11.1 Å². The highest BCUT2D eigenvalue weighted by atomic mass is 35.5. The first-order valence-corrected chi connectivity index (χ1v) is 6.52. The zero-order chi connectivity index (χ0) is 12.1. The molecule has 92 valence electrons. The second kappa shape index (κ2) is 6.03. The maximum absolute atomic E-state index is 5.64. The third-order valence-electron chi connectivity index (χ3n) is 3.09. The van der Waals surface area contributed by atoms with E-state index >= 15 is 0 Å². The first kappa shape index (κ1) is 12.4. The van der Waals surface area contributed by atoms with Crippen molar-refractivity contribution in [3.8, 4) is 0 Å². The van der Waals surface area contributed by atoms with Gasteiger partial charge in [0.1, 0.15) is 5.84 Å². The molecule has 3 N–H and O–H groups in total. The fourth-order valence-electron chi connectivity index (χ4n) is 2.20. The lowest BCUT2D eigenvalue weighted by molar-refractivity contribution is 0.460. The molecule has 1 aliphatic rings. The Morgan fingerprint density at radius 2 is 2.18 bits per heavy atom. The van der Waals surface area contributed by atoms with Gasteiger partial charge in [0.05, 0.1) is 11.6 Å². The normalized spacial score (nSPS) is 18.3. The van der Waals surface area contributed by atoms with Crippen molar-refractivity contribution in [2.45, 2.75) is 18.8 Å². The Morgan fingerprint density at radius 1 is 1.41 bits per heavy atom. The number of hydrogen-bond donors (Lipinski definition) is 2. The predicted octanol–water partition coefficient (Wildman–Crippen LogP) is 2.38. The number of amidine groups is 1. The van der Waals surface area contributed by atoms with Crippen LogP contribution in [-0.2, 0) is 0 Å². The van der Waals surface area contributed by atoms with Crippen molar-refractivity contribution >= 4 is 23.1 Å². The van der Waals surface area contributed by atoms with Crippen molar-refractivity contribution in [1.82, 2.24) is 5.32 Å². The van der Waals surface area contributed by atoms with Crippen LogP contribution in [0.3, 0.4) is 0 Å². The average Bonchev–Trinajstić information content (AvgIpc) is 2.40. The third-order valence-corrected chi connectivity index (χ3v) is 3.36. The summed E-state index contributed by atoms with van der Waals surface area (Å²) in [7, 11) is 0. The van der Waals surface area contributed by atoms with E-state index in [9.17, 15) is 0 Å². The molecule has 1 aliphatic heterocycles. The van der Waals surface area contributed by atoms with E-state index < -0.39 is 0 Å². The van der Waals surface area contributed by atoms with Gasteiger partial charge in [-0.2, -0.15) is 0 Å². The fourth-order valence-corrected chi connectivity index (χ4v) is 2.26. The van der Waals surface area contributed by atoms with E-state index in [1.807, 2.05) is 12.1 Å². The van der Waals surface area contributed by atoms with Crippen LogP contribution >= 0.6 is 11.6 Å². The number of nitrogens with one attached hydrogen (secondary N) is 1. The molecule has 1 heterocycles. The summed E-state index contributed by atoms with van der Waals surface area (Å²) in [4.78, 5) is 4.28. The maximum Gasteiger partial charge on any atom is 0.115 e. The summed E-state index contributed by atoms with van der Waals surface area (Å²) >= 11 is 5.63. The number of nitrogens with two attached hydrogens (primary N) is 1. The SMILES string of the molecule is NC(CCl)=Nc1cccc(C2CCNCC2)c1. The van der Waals surface area contributed by atoms with Gasteiger partial charge in [0, 0.05) is 0 Å². The van der Waals surface area contributed by atoms with Crippen molar-refractivity contribution < 1.29 is 0 Å². The van der Waals surface area contributed by atoms with Crippen molar-refractivity contribution in [1.29, 1.82) is 0 Å². The van der Waals surface area contributed by atoms with Crippen LogP contribution in [0.4, 0.5) is 5.69 Å². The molecule has 4 heteroatoms. The average molecular weight is 252 g/mol. The summed E-state index contributed by atoms with van der Waals surface area (Å²) in [5, 5.41) is 3.38. The van der Waals surface area contributed by atoms with Gasteiger partial charge in [-0.25, -0.2) is 4.99 Å². The second-order valence-electron chi connectivity index (χ2n) is 4.36. The molecule has 0 bridgehead atoms. The fraction of sp³-hybridized carbons (Fsp3) is 0.462. The van der Waals surface area contributed by atoms with Crippen LogP contribution in [0.2, 0.25) is 0 Å². The van der Waals surface area contributed by atoms with E-state index in [2.05, 4.69) is 22.4 Å². The highest BCUT2D eigenvalue weighted by molar-refractivity contribution is 6.28. The molecule has 0 aromatic heterocycles. The van der Waals surface area contributed by atoms with E-state index in [0.29, 0.717) is 11.8 Å². The number of nitrogens with zero attached hydrogens (tertiary/aromatic N) is 1. The van der Waals surface area contributed by atoms with Gasteiger partial charge >= 0.3 is 0 Å².